The van der Waals surface area contributed by atoms with Gasteiger partial charge in [-0.3, -0.25) is 0 Å². The maximum absolute atomic E-state index is 12.9. The number of anilines is 2. The molecule has 0 aliphatic carbocycles. The molecule has 0 saturated carbocycles. The Morgan fingerprint density at radius 1 is 1.16 bits per heavy atom. The van der Waals surface area contributed by atoms with Crippen LogP contribution in [-0.4, -0.2) is 22.5 Å². The van der Waals surface area contributed by atoms with E-state index >= 15 is 0 Å². The third-order valence-corrected chi connectivity index (χ3v) is 5.44. The number of aromatic amines is 1. The highest BCUT2D eigenvalue weighted by Crippen LogP contribution is 2.43. The number of H-pyrrole nitrogens is 1. The van der Waals surface area contributed by atoms with Gasteiger partial charge in [0.1, 0.15) is 24.0 Å². The Labute approximate surface area is 191 Å². The number of esters is 1. The molecule has 0 amide bonds. The topological polar surface area (TPSA) is 102 Å². The van der Waals surface area contributed by atoms with E-state index in [9.17, 15) is 4.79 Å². The number of nitrogens with zero attached hydrogens (tertiary/aromatic N) is 1. The lowest BCUT2D eigenvalue weighted by molar-refractivity contribution is -0.138. The highest BCUT2D eigenvalue weighted by atomic mass is 32.1. The number of nitrogens with two attached hydrogens (primary N) is 1. The minimum Gasteiger partial charge on any atom is -0.489 e. The van der Waals surface area contributed by atoms with Crippen LogP contribution >= 0.6 is 12.2 Å². The second kappa shape index (κ2) is 9.23. The van der Waals surface area contributed by atoms with Crippen LogP contribution in [0.25, 0.3) is 0 Å². The van der Waals surface area contributed by atoms with Crippen molar-refractivity contribution in [1.82, 2.24) is 9.97 Å². The zero-order valence-corrected chi connectivity index (χ0v) is 18.7. The molecule has 3 aromatic rings. The molecule has 2 aromatic carbocycles. The van der Waals surface area contributed by atoms with E-state index in [2.05, 4.69) is 15.3 Å². The first kappa shape index (κ1) is 21.6. The molecule has 0 fully saturated rings. The summed E-state index contributed by atoms with van der Waals surface area (Å²) >= 11 is 5.18. The van der Waals surface area contributed by atoms with Gasteiger partial charge in [-0.25, -0.2) is 9.78 Å². The van der Waals surface area contributed by atoms with Gasteiger partial charge >= 0.3 is 5.97 Å². The Morgan fingerprint density at radius 3 is 2.56 bits per heavy atom. The number of fused-ring (bicyclic) bond motifs is 1. The van der Waals surface area contributed by atoms with Crippen molar-refractivity contribution in [3.63, 3.8) is 0 Å². The van der Waals surface area contributed by atoms with Crippen LogP contribution in [0.2, 0.25) is 0 Å². The SMILES string of the molecule is CCOC(=O)C1=C(C)Nc2nc(=S)[nH]c(N)c2C1c1ccc(OCc2ccccc2)cc1. The van der Waals surface area contributed by atoms with Crippen LogP contribution in [0.15, 0.2) is 65.9 Å². The van der Waals surface area contributed by atoms with Crippen LogP contribution in [0.3, 0.4) is 0 Å². The van der Waals surface area contributed by atoms with E-state index in [-0.39, 0.29) is 11.4 Å². The first-order valence-corrected chi connectivity index (χ1v) is 10.7. The Bertz CT molecular complexity index is 1220. The lowest BCUT2D eigenvalue weighted by atomic mass is 9.82. The van der Waals surface area contributed by atoms with E-state index in [1.807, 2.05) is 61.5 Å². The molecule has 4 N–H and O–H groups in total. The molecule has 2 heterocycles. The summed E-state index contributed by atoms with van der Waals surface area (Å²) in [6, 6.07) is 17.6. The zero-order chi connectivity index (χ0) is 22.7. The number of nitrogens with one attached hydrogen (secondary N) is 2. The Balaban J connectivity index is 1.70. The summed E-state index contributed by atoms with van der Waals surface area (Å²) in [7, 11) is 0. The average molecular weight is 449 g/mol. The van der Waals surface area contributed by atoms with Crippen LogP contribution in [0.1, 0.15) is 36.5 Å². The summed E-state index contributed by atoms with van der Waals surface area (Å²) in [4.78, 5) is 20.1. The van der Waals surface area contributed by atoms with Crippen molar-refractivity contribution in [2.45, 2.75) is 26.4 Å². The molecule has 8 heteroatoms. The minimum absolute atomic E-state index is 0.268. The first-order chi connectivity index (χ1) is 15.5. The number of hydrogen-bond donors (Lipinski definition) is 3. The van der Waals surface area contributed by atoms with Crippen LogP contribution in [0.4, 0.5) is 11.6 Å². The fraction of sp³-hybridized carbons (Fsp3) is 0.208. The summed E-state index contributed by atoms with van der Waals surface area (Å²) in [5, 5.41) is 3.16. The van der Waals surface area contributed by atoms with Crippen molar-refractivity contribution in [2.75, 3.05) is 17.7 Å². The number of carbonyl (C=O) groups excluding carboxylic acids is 1. The maximum Gasteiger partial charge on any atom is 0.336 e. The molecule has 0 saturated heterocycles. The monoisotopic (exact) mass is 448 g/mol. The molecule has 4 rings (SSSR count). The molecule has 0 radical (unpaired) electrons. The van der Waals surface area contributed by atoms with Gasteiger partial charge in [-0.15, -0.1) is 0 Å². The predicted octanol–water partition coefficient (Wildman–Crippen LogP) is 4.69. The van der Waals surface area contributed by atoms with E-state index in [0.717, 1.165) is 16.9 Å². The van der Waals surface area contributed by atoms with Gasteiger partial charge in [0.2, 0.25) is 0 Å². The summed E-state index contributed by atoms with van der Waals surface area (Å²) in [6.45, 7) is 4.33. The second-order valence-corrected chi connectivity index (χ2v) is 7.77. The zero-order valence-electron chi connectivity index (χ0n) is 17.8. The summed E-state index contributed by atoms with van der Waals surface area (Å²) in [5.41, 5.74) is 10.0. The molecule has 0 spiro atoms. The number of aromatic nitrogens is 2. The van der Waals surface area contributed by atoms with Crippen molar-refractivity contribution >= 4 is 29.8 Å². The van der Waals surface area contributed by atoms with Crippen molar-refractivity contribution in [2.24, 2.45) is 0 Å². The van der Waals surface area contributed by atoms with Crippen molar-refractivity contribution in [1.29, 1.82) is 0 Å². The molecule has 1 unspecified atom stereocenters. The van der Waals surface area contributed by atoms with E-state index < -0.39 is 11.9 Å². The van der Waals surface area contributed by atoms with E-state index in [4.69, 9.17) is 27.4 Å². The molecule has 32 heavy (non-hydrogen) atoms. The summed E-state index contributed by atoms with van der Waals surface area (Å²) in [5.74, 6) is 0.748. The smallest absolute Gasteiger partial charge is 0.336 e. The highest BCUT2D eigenvalue weighted by Gasteiger charge is 2.35. The fourth-order valence-corrected chi connectivity index (χ4v) is 4.00. The van der Waals surface area contributed by atoms with Crippen LogP contribution in [-0.2, 0) is 16.1 Å². The second-order valence-electron chi connectivity index (χ2n) is 7.38. The Morgan fingerprint density at radius 2 is 1.88 bits per heavy atom. The molecule has 1 aliphatic heterocycles. The van der Waals surface area contributed by atoms with E-state index in [1.165, 1.54) is 0 Å². The lowest BCUT2D eigenvalue weighted by Crippen LogP contribution is -2.26. The number of hydrogen-bond acceptors (Lipinski definition) is 7. The van der Waals surface area contributed by atoms with E-state index in [1.54, 1.807) is 6.92 Å². The number of ether oxygens (including phenoxy) is 2. The molecular weight excluding hydrogens is 424 g/mol. The standard InChI is InChI=1S/C24H24N4O3S/c1-3-30-23(29)18-14(2)26-22-20(21(25)27-24(32)28-22)19(18)16-9-11-17(12-10-16)31-13-15-7-5-4-6-8-15/h4-12,19H,3,13H2,1-2H3,(H4,25,26,27,28,32). The third kappa shape index (κ3) is 4.36. The molecule has 1 aliphatic rings. The number of rotatable bonds is 6. The van der Waals surface area contributed by atoms with E-state index in [0.29, 0.717) is 35.1 Å². The Kier molecular flexibility index (Phi) is 6.23. The van der Waals surface area contributed by atoms with Gasteiger partial charge in [0.25, 0.3) is 0 Å². The molecule has 7 nitrogen and oxygen atoms in total. The molecule has 1 atom stereocenters. The van der Waals surface area contributed by atoms with Gasteiger partial charge in [-0.05, 0) is 49.3 Å². The predicted molar refractivity (Wildman–Crippen MR) is 126 cm³/mol. The maximum atomic E-state index is 12.9. The number of benzene rings is 2. The normalized spacial score (nSPS) is 15.0. The van der Waals surface area contributed by atoms with Gasteiger partial charge in [0.15, 0.2) is 4.77 Å². The number of allylic oxidation sites excluding steroid dienone is 1. The first-order valence-electron chi connectivity index (χ1n) is 10.3. The van der Waals surface area contributed by atoms with Crippen LogP contribution in [0, 0.1) is 4.77 Å². The minimum atomic E-state index is -0.465. The van der Waals surface area contributed by atoms with Gasteiger partial charge in [-0.1, -0.05) is 42.5 Å². The van der Waals surface area contributed by atoms with Gasteiger partial charge in [0.05, 0.1) is 18.1 Å². The van der Waals surface area contributed by atoms with Gasteiger partial charge in [0, 0.05) is 11.3 Å². The average Bonchev–Trinajstić information content (AvgIpc) is 2.77. The Hall–Kier alpha value is -3.65. The largest absolute Gasteiger partial charge is 0.489 e. The molecule has 164 valence electrons. The molecular formula is C24H24N4O3S. The van der Waals surface area contributed by atoms with Crippen molar-refractivity contribution in [3.05, 3.63) is 87.3 Å². The lowest BCUT2D eigenvalue weighted by Gasteiger charge is -2.30. The summed E-state index contributed by atoms with van der Waals surface area (Å²) < 4.78 is 11.5. The highest BCUT2D eigenvalue weighted by molar-refractivity contribution is 7.71. The molecule has 0 bridgehead atoms. The van der Waals surface area contributed by atoms with Crippen molar-refractivity contribution < 1.29 is 14.3 Å². The fourth-order valence-electron chi connectivity index (χ4n) is 3.80. The number of nitrogen functional groups attached to an aromatic ring is 1. The van der Waals surface area contributed by atoms with Gasteiger partial charge in [-0.2, -0.15) is 0 Å². The van der Waals surface area contributed by atoms with Crippen LogP contribution < -0.4 is 15.8 Å². The molecule has 1 aromatic heterocycles. The van der Waals surface area contributed by atoms with Crippen molar-refractivity contribution in [3.8, 4) is 5.75 Å². The van der Waals surface area contributed by atoms with Gasteiger partial charge < -0.3 is 25.5 Å². The third-order valence-electron chi connectivity index (χ3n) is 5.24. The number of carbonyl (C=O) groups is 1. The van der Waals surface area contributed by atoms with Crippen LogP contribution in [0.5, 0.6) is 5.75 Å². The quantitative estimate of drug-likeness (QED) is 0.371. The summed E-state index contributed by atoms with van der Waals surface area (Å²) in [6.07, 6.45) is 0.